The van der Waals surface area contributed by atoms with Gasteiger partial charge < -0.3 is 10.2 Å². The fourth-order valence-electron chi connectivity index (χ4n) is 3.32. The standard InChI is InChI=1S/C16H30N2/c1-5-7-8-11-15(17-14-6-2)16(18(3)4)12-9-10-13-16/h15,17H,6,8-14H2,1-4H3. The summed E-state index contributed by atoms with van der Waals surface area (Å²) < 4.78 is 0. The largest absolute Gasteiger partial charge is 0.312 e. The first kappa shape index (κ1) is 15.5. The monoisotopic (exact) mass is 250 g/mol. The van der Waals surface area contributed by atoms with E-state index in [2.05, 4.69) is 43.1 Å². The Balaban J connectivity index is 2.72. The zero-order chi connectivity index (χ0) is 13.4. The number of hydrogen-bond acceptors (Lipinski definition) is 2. The summed E-state index contributed by atoms with van der Waals surface area (Å²) in [6, 6.07) is 0.593. The molecule has 1 unspecified atom stereocenters. The van der Waals surface area contributed by atoms with Crippen LogP contribution in [0.3, 0.4) is 0 Å². The maximum atomic E-state index is 3.78. The Morgan fingerprint density at radius 3 is 2.44 bits per heavy atom. The molecule has 0 aromatic carbocycles. The van der Waals surface area contributed by atoms with Gasteiger partial charge >= 0.3 is 0 Å². The van der Waals surface area contributed by atoms with Crippen LogP contribution in [0, 0.1) is 11.8 Å². The molecule has 0 aromatic heterocycles. The molecule has 0 amide bonds. The Kier molecular flexibility index (Phi) is 6.75. The predicted octanol–water partition coefficient (Wildman–Crippen LogP) is 3.03. The first-order chi connectivity index (χ1) is 8.67. The summed E-state index contributed by atoms with van der Waals surface area (Å²) in [5.74, 6) is 6.25. The Bertz CT molecular complexity index is 279. The molecular formula is C16H30N2. The van der Waals surface area contributed by atoms with Gasteiger partial charge in [-0.2, -0.15) is 0 Å². The van der Waals surface area contributed by atoms with Crippen LogP contribution < -0.4 is 5.32 Å². The van der Waals surface area contributed by atoms with E-state index in [4.69, 9.17) is 0 Å². The Morgan fingerprint density at radius 2 is 1.94 bits per heavy atom. The average molecular weight is 250 g/mol. The molecule has 0 radical (unpaired) electrons. The second-order valence-electron chi connectivity index (χ2n) is 5.68. The van der Waals surface area contributed by atoms with Gasteiger partial charge in [-0.25, -0.2) is 0 Å². The predicted molar refractivity (Wildman–Crippen MR) is 79.7 cm³/mol. The molecule has 1 saturated carbocycles. The molecule has 0 heterocycles. The van der Waals surface area contributed by atoms with Crippen molar-refractivity contribution in [3.8, 4) is 11.8 Å². The molecule has 1 rings (SSSR count). The lowest BCUT2D eigenvalue weighted by molar-refractivity contribution is 0.101. The van der Waals surface area contributed by atoms with Crippen LogP contribution in [0.5, 0.6) is 0 Å². The molecule has 1 fully saturated rings. The lowest BCUT2D eigenvalue weighted by Gasteiger charge is -2.44. The Hall–Kier alpha value is -0.520. The minimum atomic E-state index is 0.366. The first-order valence-electron chi connectivity index (χ1n) is 7.47. The van der Waals surface area contributed by atoms with Gasteiger partial charge in [0.05, 0.1) is 0 Å². The third kappa shape index (κ3) is 3.73. The highest BCUT2D eigenvalue weighted by atomic mass is 15.2. The van der Waals surface area contributed by atoms with E-state index >= 15 is 0 Å². The van der Waals surface area contributed by atoms with Crippen LogP contribution in [-0.2, 0) is 0 Å². The van der Waals surface area contributed by atoms with E-state index in [1.165, 1.54) is 38.5 Å². The zero-order valence-electron chi connectivity index (χ0n) is 12.7. The smallest absolute Gasteiger partial charge is 0.0356 e. The van der Waals surface area contributed by atoms with E-state index in [-0.39, 0.29) is 0 Å². The van der Waals surface area contributed by atoms with Gasteiger partial charge in [0.1, 0.15) is 0 Å². The van der Waals surface area contributed by atoms with Crippen molar-refractivity contribution < 1.29 is 0 Å². The highest BCUT2D eigenvalue weighted by Gasteiger charge is 2.42. The summed E-state index contributed by atoms with van der Waals surface area (Å²) >= 11 is 0. The number of nitrogens with one attached hydrogen (secondary N) is 1. The van der Waals surface area contributed by atoms with Gasteiger partial charge in [-0.05, 0) is 53.2 Å². The van der Waals surface area contributed by atoms with E-state index in [0.29, 0.717) is 11.6 Å². The van der Waals surface area contributed by atoms with Gasteiger partial charge in [0, 0.05) is 18.0 Å². The number of nitrogens with zero attached hydrogens (tertiary/aromatic N) is 1. The maximum absolute atomic E-state index is 3.78. The highest BCUT2D eigenvalue weighted by Crippen LogP contribution is 2.38. The third-order valence-corrected chi connectivity index (χ3v) is 4.38. The van der Waals surface area contributed by atoms with Crippen LogP contribution in [0.2, 0.25) is 0 Å². The van der Waals surface area contributed by atoms with Crippen LogP contribution in [0.4, 0.5) is 0 Å². The molecule has 1 aliphatic rings. The molecule has 2 heteroatoms. The van der Waals surface area contributed by atoms with Crippen LogP contribution in [0.15, 0.2) is 0 Å². The second-order valence-corrected chi connectivity index (χ2v) is 5.68. The van der Waals surface area contributed by atoms with Crippen molar-refractivity contribution in [3.05, 3.63) is 0 Å². The third-order valence-electron chi connectivity index (χ3n) is 4.38. The van der Waals surface area contributed by atoms with Crippen molar-refractivity contribution in [2.75, 3.05) is 20.6 Å². The summed E-state index contributed by atoms with van der Waals surface area (Å²) in [7, 11) is 4.49. The minimum Gasteiger partial charge on any atom is -0.312 e. The molecular weight excluding hydrogens is 220 g/mol. The summed E-state index contributed by atoms with van der Waals surface area (Å²) in [6.07, 6.45) is 8.83. The van der Waals surface area contributed by atoms with E-state index in [1.54, 1.807) is 0 Å². The van der Waals surface area contributed by atoms with Crippen LogP contribution in [0.25, 0.3) is 0 Å². The molecule has 0 spiro atoms. The van der Waals surface area contributed by atoms with E-state index in [1.807, 2.05) is 6.92 Å². The summed E-state index contributed by atoms with van der Waals surface area (Å²) in [5.41, 5.74) is 0.366. The molecule has 0 saturated heterocycles. The van der Waals surface area contributed by atoms with Crippen molar-refractivity contribution in [3.63, 3.8) is 0 Å². The van der Waals surface area contributed by atoms with Crippen molar-refractivity contribution in [2.45, 2.75) is 70.4 Å². The van der Waals surface area contributed by atoms with Crippen molar-refractivity contribution in [2.24, 2.45) is 0 Å². The molecule has 1 N–H and O–H groups in total. The summed E-state index contributed by atoms with van der Waals surface area (Å²) in [5, 5.41) is 3.78. The van der Waals surface area contributed by atoms with E-state index in [9.17, 15) is 0 Å². The molecule has 0 bridgehead atoms. The normalized spacial score (nSPS) is 19.6. The lowest BCUT2D eigenvalue weighted by Crippen LogP contribution is -2.57. The van der Waals surface area contributed by atoms with Gasteiger partial charge in [-0.1, -0.05) is 19.8 Å². The molecule has 2 nitrogen and oxygen atoms in total. The molecule has 1 aliphatic carbocycles. The van der Waals surface area contributed by atoms with Crippen molar-refractivity contribution in [1.29, 1.82) is 0 Å². The quantitative estimate of drug-likeness (QED) is 0.699. The van der Waals surface area contributed by atoms with Crippen molar-refractivity contribution in [1.82, 2.24) is 10.2 Å². The van der Waals surface area contributed by atoms with Gasteiger partial charge in [-0.3, -0.25) is 0 Å². The second kappa shape index (κ2) is 7.81. The minimum absolute atomic E-state index is 0.366. The lowest BCUT2D eigenvalue weighted by atomic mass is 9.84. The SMILES string of the molecule is CC#CCCC(NCCC)C1(N(C)C)CCCC1. The van der Waals surface area contributed by atoms with Crippen LogP contribution >= 0.6 is 0 Å². The van der Waals surface area contributed by atoms with Gasteiger partial charge in [0.2, 0.25) is 0 Å². The molecule has 18 heavy (non-hydrogen) atoms. The van der Waals surface area contributed by atoms with Crippen LogP contribution in [0.1, 0.15) is 58.8 Å². The van der Waals surface area contributed by atoms with Gasteiger partial charge in [0.15, 0.2) is 0 Å². The average Bonchev–Trinajstić information content (AvgIpc) is 2.84. The number of hydrogen-bond donors (Lipinski definition) is 1. The molecule has 1 atom stereocenters. The topological polar surface area (TPSA) is 15.3 Å². The summed E-state index contributed by atoms with van der Waals surface area (Å²) in [4.78, 5) is 2.46. The Morgan fingerprint density at radius 1 is 1.28 bits per heavy atom. The Labute approximate surface area is 114 Å². The van der Waals surface area contributed by atoms with Crippen LogP contribution in [-0.4, -0.2) is 37.1 Å². The van der Waals surface area contributed by atoms with E-state index in [0.717, 1.165) is 13.0 Å². The highest BCUT2D eigenvalue weighted by molar-refractivity contribution is 5.04. The van der Waals surface area contributed by atoms with Gasteiger partial charge in [-0.15, -0.1) is 11.8 Å². The fourth-order valence-corrected chi connectivity index (χ4v) is 3.32. The number of rotatable bonds is 7. The fraction of sp³-hybridized carbons (Fsp3) is 0.875. The maximum Gasteiger partial charge on any atom is 0.0356 e. The molecule has 0 aliphatic heterocycles. The molecule has 0 aromatic rings. The molecule has 104 valence electrons. The zero-order valence-corrected chi connectivity index (χ0v) is 12.7. The number of likely N-dealkylation sites (N-methyl/N-ethyl adjacent to an activating group) is 1. The summed E-state index contributed by atoms with van der Waals surface area (Å²) in [6.45, 7) is 5.30. The van der Waals surface area contributed by atoms with E-state index < -0.39 is 0 Å². The first-order valence-corrected chi connectivity index (χ1v) is 7.47. The van der Waals surface area contributed by atoms with Gasteiger partial charge in [0.25, 0.3) is 0 Å². The van der Waals surface area contributed by atoms with Crippen molar-refractivity contribution >= 4 is 0 Å².